The van der Waals surface area contributed by atoms with E-state index in [2.05, 4.69) is 5.32 Å². The summed E-state index contributed by atoms with van der Waals surface area (Å²) >= 11 is 0.392. The highest BCUT2D eigenvalue weighted by Gasteiger charge is 2.27. The number of aliphatic carboxylic acids is 1. The molecule has 1 aromatic carbocycles. The van der Waals surface area contributed by atoms with E-state index in [1.165, 1.54) is 12.1 Å². The molecule has 1 aromatic rings. The standard InChI is InChI=1S/C13H13F4NO3S/c14-9-3-1-8(2-4-9)10(12(20)21)5-18-11(19)6-22-7-13(15,16)17/h1-4,10H,5-7H2,(H,18,19)(H,20,21). The molecule has 9 heteroatoms. The lowest BCUT2D eigenvalue weighted by Gasteiger charge is -2.14. The average Bonchev–Trinajstić information content (AvgIpc) is 2.39. The van der Waals surface area contributed by atoms with Crippen molar-refractivity contribution in [1.29, 1.82) is 0 Å². The Morgan fingerprint density at radius 2 is 1.82 bits per heavy atom. The summed E-state index contributed by atoms with van der Waals surface area (Å²) in [4.78, 5) is 22.5. The number of hydrogen-bond donors (Lipinski definition) is 2. The molecule has 0 saturated carbocycles. The second-order valence-corrected chi connectivity index (χ2v) is 5.34. The van der Waals surface area contributed by atoms with E-state index in [4.69, 9.17) is 5.11 Å². The van der Waals surface area contributed by atoms with E-state index in [-0.39, 0.29) is 12.1 Å². The van der Waals surface area contributed by atoms with Crippen LogP contribution in [0.1, 0.15) is 11.5 Å². The van der Waals surface area contributed by atoms with Gasteiger partial charge in [0, 0.05) is 6.54 Å². The van der Waals surface area contributed by atoms with Crippen molar-refractivity contribution in [2.75, 3.05) is 18.1 Å². The highest BCUT2D eigenvalue weighted by Crippen LogP contribution is 2.21. The predicted molar refractivity (Wildman–Crippen MR) is 73.2 cm³/mol. The van der Waals surface area contributed by atoms with Gasteiger partial charge in [-0.25, -0.2) is 4.39 Å². The summed E-state index contributed by atoms with van der Waals surface area (Å²) in [6.45, 7) is -0.285. The van der Waals surface area contributed by atoms with Crippen molar-refractivity contribution >= 4 is 23.6 Å². The molecule has 0 aliphatic rings. The number of alkyl halides is 3. The number of thioether (sulfide) groups is 1. The molecule has 0 radical (unpaired) electrons. The molecular weight excluding hydrogens is 326 g/mol. The highest BCUT2D eigenvalue weighted by atomic mass is 32.2. The zero-order chi connectivity index (χ0) is 16.8. The van der Waals surface area contributed by atoms with Gasteiger partial charge in [0.05, 0.1) is 17.4 Å². The second-order valence-electron chi connectivity index (χ2n) is 4.35. The van der Waals surface area contributed by atoms with Crippen LogP contribution in [0, 0.1) is 5.82 Å². The molecule has 0 aromatic heterocycles. The minimum absolute atomic E-state index is 0.285. The van der Waals surface area contributed by atoms with Crippen LogP contribution in [0.3, 0.4) is 0 Å². The summed E-state index contributed by atoms with van der Waals surface area (Å²) in [5, 5.41) is 11.4. The van der Waals surface area contributed by atoms with Gasteiger partial charge in [-0.05, 0) is 17.7 Å². The van der Waals surface area contributed by atoms with Crippen LogP contribution in [0.25, 0.3) is 0 Å². The number of carbonyl (C=O) groups is 2. The number of carboxylic acid groups (broad SMARTS) is 1. The van der Waals surface area contributed by atoms with E-state index >= 15 is 0 Å². The molecule has 2 N–H and O–H groups in total. The maximum absolute atomic E-state index is 12.8. The van der Waals surface area contributed by atoms with Crippen molar-refractivity contribution < 1.29 is 32.3 Å². The van der Waals surface area contributed by atoms with Crippen LogP contribution in [0.5, 0.6) is 0 Å². The molecule has 1 amide bonds. The summed E-state index contributed by atoms with van der Waals surface area (Å²) in [7, 11) is 0. The summed E-state index contributed by atoms with van der Waals surface area (Å²) in [6.07, 6.45) is -4.36. The Morgan fingerprint density at radius 1 is 1.23 bits per heavy atom. The van der Waals surface area contributed by atoms with Crippen LogP contribution in [0.15, 0.2) is 24.3 Å². The van der Waals surface area contributed by atoms with Crippen molar-refractivity contribution in [3.8, 4) is 0 Å². The van der Waals surface area contributed by atoms with Crippen LogP contribution in [-0.2, 0) is 9.59 Å². The molecule has 1 rings (SSSR count). The van der Waals surface area contributed by atoms with Crippen LogP contribution >= 0.6 is 11.8 Å². The van der Waals surface area contributed by atoms with Gasteiger partial charge in [-0.15, -0.1) is 11.8 Å². The third-order valence-electron chi connectivity index (χ3n) is 2.57. The largest absolute Gasteiger partial charge is 0.481 e. The molecule has 0 fully saturated rings. The minimum Gasteiger partial charge on any atom is -0.481 e. The van der Waals surface area contributed by atoms with Gasteiger partial charge in [-0.3, -0.25) is 9.59 Å². The van der Waals surface area contributed by atoms with Gasteiger partial charge < -0.3 is 10.4 Å². The lowest BCUT2D eigenvalue weighted by atomic mass is 9.99. The Bertz CT molecular complexity index is 519. The molecule has 4 nitrogen and oxygen atoms in total. The van der Waals surface area contributed by atoms with E-state index in [1.54, 1.807) is 0 Å². The van der Waals surface area contributed by atoms with Gasteiger partial charge in [-0.1, -0.05) is 12.1 Å². The first-order valence-corrected chi connectivity index (χ1v) is 7.24. The average molecular weight is 339 g/mol. The van der Waals surface area contributed by atoms with Gasteiger partial charge in [-0.2, -0.15) is 13.2 Å². The summed E-state index contributed by atoms with van der Waals surface area (Å²) in [6, 6.07) is 4.73. The number of hydrogen-bond acceptors (Lipinski definition) is 3. The SMILES string of the molecule is O=C(CSCC(F)(F)F)NCC(C(=O)O)c1ccc(F)cc1. The van der Waals surface area contributed by atoms with Crippen LogP contribution in [0.4, 0.5) is 17.6 Å². The van der Waals surface area contributed by atoms with E-state index in [9.17, 15) is 27.2 Å². The van der Waals surface area contributed by atoms with Crippen molar-refractivity contribution in [3.63, 3.8) is 0 Å². The summed E-state index contributed by atoms with van der Waals surface area (Å²) in [5.41, 5.74) is 0.289. The minimum atomic E-state index is -4.36. The van der Waals surface area contributed by atoms with Gasteiger partial charge in [0.25, 0.3) is 0 Å². The monoisotopic (exact) mass is 339 g/mol. The van der Waals surface area contributed by atoms with E-state index < -0.39 is 41.3 Å². The number of amides is 1. The molecule has 122 valence electrons. The fraction of sp³-hybridized carbons (Fsp3) is 0.385. The molecule has 22 heavy (non-hydrogen) atoms. The molecule has 1 unspecified atom stereocenters. The maximum atomic E-state index is 12.8. The molecule has 0 heterocycles. The molecule has 0 aliphatic carbocycles. The van der Waals surface area contributed by atoms with Gasteiger partial charge >= 0.3 is 12.1 Å². The van der Waals surface area contributed by atoms with Crippen LogP contribution < -0.4 is 5.32 Å². The van der Waals surface area contributed by atoms with Crippen molar-refractivity contribution in [2.45, 2.75) is 12.1 Å². The summed E-state index contributed by atoms with van der Waals surface area (Å²) < 4.78 is 48.5. The Balaban J connectivity index is 2.50. The molecule has 0 bridgehead atoms. The molecule has 1 atom stereocenters. The molecular formula is C13H13F4NO3S. The maximum Gasteiger partial charge on any atom is 0.397 e. The normalized spacial score (nSPS) is 12.7. The van der Waals surface area contributed by atoms with Crippen molar-refractivity contribution in [1.82, 2.24) is 5.32 Å². The highest BCUT2D eigenvalue weighted by molar-refractivity contribution is 8.00. The predicted octanol–water partition coefficient (Wildman–Crippen LogP) is 2.41. The Hall–Kier alpha value is -1.77. The van der Waals surface area contributed by atoms with Crippen molar-refractivity contribution in [2.24, 2.45) is 0 Å². The third-order valence-corrected chi connectivity index (χ3v) is 3.57. The quantitative estimate of drug-likeness (QED) is 0.749. The van der Waals surface area contributed by atoms with Crippen LogP contribution in [0.2, 0.25) is 0 Å². The summed E-state index contributed by atoms with van der Waals surface area (Å²) in [5.74, 6) is -5.12. The first kappa shape index (κ1) is 18.3. The number of nitrogens with one attached hydrogen (secondary N) is 1. The molecule has 0 aliphatic heterocycles. The van der Waals surface area contributed by atoms with Gasteiger partial charge in [0.1, 0.15) is 5.82 Å². The fourth-order valence-electron chi connectivity index (χ4n) is 1.57. The number of rotatable bonds is 7. The number of carbonyl (C=O) groups excluding carboxylic acids is 1. The lowest BCUT2D eigenvalue weighted by molar-refractivity contribution is -0.138. The fourth-order valence-corrected chi connectivity index (χ4v) is 2.19. The molecule has 0 saturated heterocycles. The van der Waals surface area contributed by atoms with E-state index in [0.29, 0.717) is 11.8 Å². The first-order chi connectivity index (χ1) is 10.2. The Kier molecular flexibility index (Phi) is 6.66. The zero-order valence-electron chi connectivity index (χ0n) is 11.2. The Morgan fingerprint density at radius 3 is 2.32 bits per heavy atom. The van der Waals surface area contributed by atoms with Gasteiger partial charge in [0.2, 0.25) is 5.91 Å². The van der Waals surface area contributed by atoms with Crippen LogP contribution in [-0.4, -0.2) is 41.2 Å². The van der Waals surface area contributed by atoms with E-state index in [0.717, 1.165) is 12.1 Å². The number of carboxylic acids is 1. The molecule has 0 spiro atoms. The lowest BCUT2D eigenvalue weighted by Crippen LogP contribution is -2.33. The topological polar surface area (TPSA) is 66.4 Å². The first-order valence-electron chi connectivity index (χ1n) is 6.08. The Labute approximate surface area is 127 Å². The van der Waals surface area contributed by atoms with Crippen molar-refractivity contribution in [3.05, 3.63) is 35.6 Å². The second kappa shape index (κ2) is 8.02. The van der Waals surface area contributed by atoms with E-state index in [1.807, 2.05) is 0 Å². The zero-order valence-corrected chi connectivity index (χ0v) is 12.0. The third kappa shape index (κ3) is 6.79. The number of halogens is 4. The van der Waals surface area contributed by atoms with Gasteiger partial charge in [0.15, 0.2) is 0 Å². The number of benzene rings is 1. The smallest absolute Gasteiger partial charge is 0.397 e.